The second kappa shape index (κ2) is 4.68. The average molecular weight is 272 g/mol. The van der Waals surface area contributed by atoms with Crippen LogP contribution in [-0.4, -0.2) is 18.4 Å². The van der Waals surface area contributed by atoms with E-state index in [1.54, 1.807) is 6.92 Å². The zero-order valence-electron chi connectivity index (χ0n) is 10.1. The summed E-state index contributed by atoms with van der Waals surface area (Å²) < 4.78 is 42.4. The largest absolute Gasteiger partial charge is 0.465 e. The minimum atomic E-state index is -4.50. The van der Waals surface area contributed by atoms with E-state index in [0.717, 1.165) is 12.1 Å². The number of alkyl halides is 3. The van der Waals surface area contributed by atoms with Crippen molar-refractivity contribution in [2.75, 3.05) is 6.61 Å². The van der Waals surface area contributed by atoms with Gasteiger partial charge in [-0.2, -0.15) is 13.2 Å². The van der Waals surface area contributed by atoms with Gasteiger partial charge in [-0.3, -0.25) is 9.59 Å². The standard InChI is InChI=1S/C13H11F3O3/c1-2-19-12(18)10-5-7-3-4-8(13(14,15)16)6-9(7)11(10)17/h3-4,6,10H,2,5H2,1H3. The van der Waals surface area contributed by atoms with Crippen molar-refractivity contribution in [3.8, 4) is 0 Å². The molecule has 0 spiro atoms. The zero-order valence-corrected chi connectivity index (χ0v) is 10.1. The molecule has 0 radical (unpaired) electrons. The number of carbonyl (C=O) groups excluding carboxylic acids is 2. The van der Waals surface area contributed by atoms with E-state index in [0.29, 0.717) is 5.56 Å². The molecule has 0 saturated heterocycles. The molecule has 1 aliphatic carbocycles. The summed E-state index contributed by atoms with van der Waals surface area (Å²) in [6.07, 6.45) is -4.40. The molecule has 6 heteroatoms. The Bertz CT molecular complexity index is 534. The van der Waals surface area contributed by atoms with Crippen LogP contribution in [0.5, 0.6) is 0 Å². The maximum atomic E-state index is 12.6. The van der Waals surface area contributed by atoms with E-state index in [1.165, 1.54) is 6.07 Å². The Morgan fingerprint density at radius 2 is 2.11 bits per heavy atom. The third-order valence-electron chi connectivity index (χ3n) is 3.01. The van der Waals surface area contributed by atoms with Gasteiger partial charge in [0.05, 0.1) is 12.2 Å². The maximum absolute atomic E-state index is 12.6. The molecular weight excluding hydrogens is 261 g/mol. The second-order valence-corrected chi connectivity index (χ2v) is 4.24. The molecule has 0 amide bonds. The fraction of sp³-hybridized carbons (Fsp3) is 0.385. The lowest BCUT2D eigenvalue weighted by Crippen LogP contribution is -2.23. The fourth-order valence-corrected chi connectivity index (χ4v) is 2.09. The molecule has 3 nitrogen and oxygen atoms in total. The number of rotatable bonds is 2. The lowest BCUT2D eigenvalue weighted by Gasteiger charge is -2.07. The van der Waals surface area contributed by atoms with Crippen LogP contribution in [0.25, 0.3) is 0 Å². The number of Topliss-reactive ketones (excluding diaryl/α,β-unsaturated/α-hetero) is 1. The third kappa shape index (κ3) is 2.47. The minimum Gasteiger partial charge on any atom is -0.465 e. The zero-order chi connectivity index (χ0) is 14.2. The number of ether oxygens (including phenoxy) is 1. The molecule has 0 fully saturated rings. The summed E-state index contributed by atoms with van der Waals surface area (Å²) in [7, 11) is 0. The van der Waals surface area contributed by atoms with E-state index >= 15 is 0 Å². The van der Waals surface area contributed by atoms with E-state index in [1.807, 2.05) is 0 Å². The Hall–Kier alpha value is -1.85. The van der Waals surface area contributed by atoms with Crippen molar-refractivity contribution in [2.24, 2.45) is 5.92 Å². The van der Waals surface area contributed by atoms with Gasteiger partial charge in [0, 0.05) is 5.56 Å². The van der Waals surface area contributed by atoms with Crippen molar-refractivity contribution in [3.63, 3.8) is 0 Å². The smallest absolute Gasteiger partial charge is 0.416 e. The first-order valence-corrected chi connectivity index (χ1v) is 5.75. The number of esters is 1. The van der Waals surface area contributed by atoms with E-state index in [4.69, 9.17) is 4.74 Å². The summed E-state index contributed by atoms with van der Waals surface area (Å²) >= 11 is 0. The molecular formula is C13H11F3O3. The molecule has 1 aliphatic rings. The minimum absolute atomic E-state index is 0.0344. The predicted octanol–water partition coefficient (Wildman–Crippen LogP) is 2.62. The number of benzene rings is 1. The number of halogens is 3. The van der Waals surface area contributed by atoms with Crippen molar-refractivity contribution < 1.29 is 27.5 Å². The van der Waals surface area contributed by atoms with Crippen LogP contribution < -0.4 is 0 Å². The molecule has 0 heterocycles. The van der Waals surface area contributed by atoms with Crippen LogP contribution in [0.15, 0.2) is 18.2 Å². The van der Waals surface area contributed by atoms with Gasteiger partial charge in [-0.15, -0.1) is 0 Å². The highest BCUT2D eigenvalue weighted by molar-refractivity contribution is 6.12. The quantitative estimate of drug-likeness (QED) is 0.614. The van der Waals surface area contributed by atoms with Gasteiger partial charge in [0.2, 0.25) is 0 Å². The number of hydrogen-bond donors (Lipinski definition) is 0. The molecule has 0 N–H and O–H groups in total. The highest BCUT2D eigenvalue weighted by Gasteiger charge is 2.39. The number of hydrogen-bond acceptors (Lipinski definition) is 3. The van der Waals surface area contributed by atoms with Crippen molar-refractivity contribution in [2.45, 2.75) is 19.5 Å². The Balaban J connectivity index is 2.32. The lowest BCUT2D eigenvalue weighted by atomic mass is 10.0. The Morgan fingerprint density at radius 3 is 2.68 bits per heavy atom. The molecule has 102 valence electrons. The van der Waals surface area contributed by atoms with E-state index in [2.05, 4.69) is 0 Å². The normalized spacial score (nSPS) is 18.3. The molecule has 0 saturated carbocycles. The third-order valence-corrected chi connectivity index (χ3v) is 3.01. The van der Waals surface area contributed by atoms with Crippen LogP contribution in [0.1, 0.15) is 28.4 Å². The van der Waals surface area contributed by atoms with E-state index in [-0.39, 0.29) is 18.6 Å². The summed E-state index contributed by atoms with van der Waals surface area (Å²) in [6, 6.07) is 2.96. The maximum Gasteiger partial charge on any atom is 0.416 e. The number of fused-ring (bicyclic) bond motifs is 1. The van der Waals surface area contributed by atoms with Crippen LogP contribution in [0.3, 0.4) is 0 Å². The van der Waals surface area contributed by atoms with Crippen molar-refractivity contribution in [1.29, 1.82) is 0 Å². The van der Waals surface area contributed by atoms with Crippen LogP contribution in [0.4, 0.5) is 13.2 Å². The first kappa shape index (κ1) is 13.6. The van der Waals surface area contributed by atoms with E-state index < -0.39 is 29.4 Å². The summed E-state index contributed by atoms with van der Waals surface area (Å²) in [5.41, 5.74) is -0.465. The highest BCUT2D eigenvalue weighted by Crippen LogP contribution is 2.34. The van der Waals surface area contributed by atoms with Gasteiger partial charge >= 0.3 is 12.1 Å². The molecule has 2 rings (SSSR count). The fourth-order valence-electron chi connectivity index (χ4n) is 2.09. The molecule has 1 aromatic rings. The molecule has 0 bridgehead atoms. The van der Waals surface area contributed by atoms with Gasteiger partial charge < -0.3 is 4.74 Å². The Morgan fingerprint density at radius 1 is 1.42 bits per heavy atom. The topological polar surface area (TPSA) is 43.4 Å². The molecule has 0 aliphatic heterocycles. The molecule has 1 aromatic carbocycles. The van der Waals surface area contributed by atoms with Gasteiger partial charge in [-0.1, -0.05) is 6.07 Å². The summed E-state index contributed by atoms with van der Waals surface area (Å²) in [4.78, 5) is 23.5. The summed E-state index contributed by atoms with van der Waals surface area (Å²) in [6.45, 7) is 1.74. The lowest BCUT2D eigenvalue weighted by molar-refractivity contribution is -0.146. The molecule has 1 atom stereocenters. The van der Waals surface area contributed by atoms with Crippen molar-refractivity contribution >= 4 is 11.8 Å². The van der Waals surface area contributed by atoms with Crippen LogP contribution in [0.2, 0.25) is 0 Å². The Kier molecular flexibility index (Phi) is 3.34. The first-order valence-electron chi connectivity index (χ1n) is 5.75. The van der Waals surface area contributed by atoms with Crippen molar-refractivity contribution in [1.82, 2.24) is 0 Å². The summed E-state index contributed by atoms with van der Waals surface area (Å²) in [5.74, 6) is -2.30. The highest BCUT2D eigenvalue weighted by atomic mass is 19.4. The van der Waals surface area contributed by atoms with Gasteiger partial charge in [0.1, 0.15) is 5.92 Å². The van der Waals surface area contributed by atoms with Crippen LogP contribution >= 0.6 is 0 Å². The SMILES string of the molecule is CCOC(=O)C1Cc2ccc(C(F)(F)F)cc2C1=O. The van der Waals surface area contributed by atoms with Crippen LogP contribution in [-0.2, 0) is 22.1 Å². The monoisotopic (exact) mass is 272 g/mol. The van der Waals surface area contributed by atoms with Gasteiger partial charge in [-0.05, 0) is 31.0 Å². The molecule has 1 unspecified atom stereocenters. The van der Waals surface area contributed by atoms with Gasteiger partial charge in [0.25, 0.3) is 0 Å². The first-order chi connectivity index (χ1) is 8.84. The predicted molar refractivity (Wildman–Crippen MR) is 59.6 cm³/mol. The van der Waals surface area contributed by atoms with Crippen molar-refractivity contribution in [3.05, 3.63) is 34.9 Å². The van der Waals surface area contributed by atoms with E-state index in [9.17, 15) is 22.8 Å². The molecule has 19 heavy (non-hydrogen) atoms. The average Bonchev–Trinajstić information content (AvgIpc) is 2.66. The second-order valence-electron chi connectivity index (χ2n) is 4.24. The van der Waals surface area contributed by atoms with Crippen LogP contribution in [0, 0.1) is 5.92 Å². The Labute approximate surface area is 107 Å². The van der Waals surface area contributed by atoms with Gasteiger partial charge in [-0.25, -0.2) is 0 Å². The van der Waals surface area contributed by atoms with Gasteiger partial charge in [0.15, 0.2) is 5.78 Å². The summed E-state index contributed by atoms with van der Waals surface area (Å²) in [5, 5.41) is 0. The number of ketones is 1. The molecule has 0 aromatic heterocycles. The number of carbonyl (C=O) groups is 2.